The summed E-state index contributed by atoms with van der Waals surface area (Å²) in [5.74, 6) is -0.580. The Balaban J connectivity index is 2.23. The molecule has 2 aromatic rings. The molecule has 0 saturated heterocycles. The normalized spacial score (nSPS) is 22.9. The summed E-state index contributed by atoms with van der Waals surface area (Å²) in [6, 6.07) is 8.02. The Morgan fingerprint density at radius 3 is 2.94 bits per heavy atom. The van der Waals surface area contributed by atoms with Crippen molar-refractivity contribution in [2.24, 2.45) is 23.5 Å². The van der Waals surface area contributed by atoms with Gasteiger partial charge in [0.05, 0.1) is 0 Å². The number of aryl methyl sites for hydroxylation is 1. The Kier molecular flexibility index (Phi) is 2.18. The zero-order valence-electron chi connectivity index (χ0n) is 10.1. The van der Waals surface area contributed by atoms with Crippen LogP contribution in [0.3, 0.4) is 0 Å². The number of rotatable bonds is 1. The van der Waals surface area contributed by atoms with E-state index in [1.807, 2.05) is 42.1 Å². The van der Waals surface area contributed by atoms with Crippen LogP contribution < -0.4 is 16.8 Å². The van der Waals surface area contributed by atoms with Gasteiger partial charge in [-0.1, -0.05) is 12.1 Å². The van der Waals surface area contributed by atoms with Gasteiger partial charge in [0.15, 0.2) is 0 Å². The molecular formula is C13H15N5. The van der Waals surface area contributed by atoms with Gasteiger partial charge in [0.2, 0.25) is 5.79 Å². The van der Waals surface area contributed by atoms with E-state index in [-0.39, 0.29) is 0 Å². The van der Waals surface area contributed by atoms with Crippen LogP contribution in [0.1, 0.15) is 5.56 Å². The summed E-state index contributed by atoms with van der Waals surface area (Å²) < 4.78 is 2.05. The summed E-state index contributed by atoms with van der Waals surface area (Å²) in [5.41, 5.74) is 14.1. The molecule has 92 valence electrons. The molecule has 2 heterocycles. The molecule has 18 heavy (non-hydrogen) atoms. The Hall–Kier alpha value is -2.27. The second-order valence-electron chi connectivity index (χ2n) is 4.45. The van der Waals surface area contributed by atoms with Crippen LogP contribution in [-0.4, -0.2) is 10.4 Å². The molecule has 5 nitrogen and oxygen atoms in total. The van der Waals surface area contributed by atoms with Crippen molar-refractivity contribution in [3.63, 3.8) is 0 Å². The highest BCUT2D eigenvalue weighted by atomic mass is 15.3. The Morgan fingerprint density at radius 2 is 2.17 bits per heavy atom. The van der Waals surface area contributed by atoms with Crippen molar-refractivity contribution >= 4 is 16.7 Å². The van der Waals surface area contributed by atoms with E-state index in [4.69, 9.17) is 11.5 Å². The lowest BCUT2D eigenvalue weighted by molar-refractivity contribution is 0.413. The zero-order chi connectivity index (χ0) is 12.8. The molecule has 0 fully saturated rings. The molecular weight excluding hydrogens is 226 g/mol. The van der Waals surface area contributed by atoms with E-state index in [1.54, 1.807) is 12.3 Å². The maximum Gasteiger partial charge on any atom is 0.211 e. The summed E-state index contributed by atoms with van der Waals surface area (Å²) in [6.07, 6.45) is 5.42. The average Bonchev–Trinajstić information content (AvgIpc) is 2.71. The Bertz CT molecular complexity index is 667. The summed E-state index contributed by atoms with van der Waals surface area (Å²) in [6.45, 7) is 0. The van der Waals surface area contributed by atoms with Crippen molar-refractivity contribution in [1.82, 2.24) is 9.88 Å². The number of nitrogens with zero attached hydrogens (tertiary/aromatic N) is 2. The maximum absolute atomic E-state index is 6.31. The third-order valence-corrected chi connectivity index (χ3v) is 3.20. The average molecular weight is 241 g/mol. The minimum absolute atomic E-state index is 0.421. The number of aliphatic imine (C=N–C) groups is 1. The standard InChI is InChI=1S/C13H15N5/c1-18-8-6-9-10(3-2-4-11(9)18)13(15)16-7-5-12(14)17-13/h2-8,16H,15H2,1H3,(H2,14,17). The SMILES string of the molecule is Cn1ccc2c(C3(N)N=C(N)C=CN3)cccc21. The third kappa shape index (κ3) is 1.48. The largest absolute Gasteiger partial charge is 0.384 e. The van der Waals surface area contributed by atoms with Crippen LogP contribution in [0.25, 0.3) is 10.9 Å². The summed E-state index contributed by atoms with van der Waals surface area (Å²) in [7, 11) is 2.00. The van der Waals surface area contributed by atoms with Gasteiger partial charge in [-0.15, -0.1) is 0 Å². The first kappa shape index (κ1) is 10.9. The molecule has 1 aliphatic heterocycles. The molecule has 0 saturated carbocycles. The Morgan fingerprint density at radius 1 is 1.33 bits per heavy atom. The molecule has 3 rings (SSSR count). The first-order valence-electron chi connectivity index (χ1n) is 5.73. The van der Waals surface area contributed by atoms with Gasteiger partial charge in [0.1, 0.15) is 5.84 Å². The lowest BCUT2D eigenvalue weighted by Gasteiger charge is -2.29. The summed E-state index contributed by atoms with van der Waals surface area (Å²) >= 11 is 0. The van der Waals surface area contributed by atoms with Crippen LogP contribution in [-0.2, 0) is 12.8 Å². The Labute approximate surface area is 105 Å². The number of hydrogen-bond donors (Lipinski definition) is 3. The van der Waals surface area contributed by atoms with E-state index in [0.29, 0.717) is 5.84 Å². The van der Waals surface area contributed by atoms with Gasteiger partial charge < -0.3 is 15.6 Å². The van der Waals surface area contributed by atoms with Crippen molar-refractivity contribution in [3.8, 4) is 0 Å². The van der Waals surface area contributed by atoms with Gasteiger partial charge in [-0.3, -0.25) is 5.73 Å². The topological polar surface area (TPSA) is 81.4 Å². The second kappa shape index (κ2) is 3.61. The molecule has 1 aliphatic rings. The van der Waals surface area contributed by atoms with E-state index >= 15 is 0 Å². The molecule has 0 radical (unpaired) electrons. The lowest BCUT2D eigenvalue weighted by atomic mass is 10.0. The third-order valence-electron chi connectivity index (χ3n) is 3.20. The lowest BCUT2D eigenvalue weighted by Crippen LogP contribution is -2.49. The summed E-state index contributed by atoms with van der Waals surface area (Å²) in [4.78, 5) is 4.31. The molecule has 0 aliphatic carbocycles. The van der Waals surface area contributed by atoms with E-state index in [1.165, 1.54) is 0 Å². The molecule has 1 atom stereocenters. The van der Waals surface area contributed by atoms with E-state index in [9.17, 15) is 0 Å². The maximum atomic E-state index is 6.31. The van der Waals surface area contributed by atoms with E-state index in [2.05, 4.69) is 10.3 Å². The number of benzene rings is 1. The van der Waals surface area contributed by atoms with E-state index < -0.39 is 5.79 Å². The molecule has 5 heteroatoms. The minimum Gasteiger partial charge on any atom is -0.384 e. The van der Waals surface area contributed by atoms with Crippen molar-refractivity contribution < 1.29 is 0 Å². The highest BCUT2D eigenvalue weighted by molar-refractivity contribution is 5.93. The number of amidine groups is 1. The van der Waals surface area contributed by atoms with Crippen LogP contribution in [0.4, 0.5) is 0 Å². The van der Waals surface area contributed by atoms with Crippen LogP contribution in [0, 0.1) is 0 Å². The molecule has 1 unspecified atom stereocenters. The van der Waals surface area contributed by atoms with Crippen molar-refractivity contribution in [1.29, 1.82) is 0 Å². The van der Waals surface area contributed by atoms with Gasteiger partial charge in [0.25, 0.3) is 0 Å². The number of hydrogen-bond acceptors (Lipinski definition) is 4. The predicted octanol–water partition coefficient (Wildman–Crippen LogP) is 0.721. The van der Waals surface area contributed by atoms with Crippen molar-refractivity contribution in [2.45, 2.75) is 5.79 Å². The van der Waals surface area contributed by atoms with Crippen LogP contribution in [0.5, 0.6) is 0 Å². The predicted molar refractivity (Wildman–Crippen MR) is 72.7 cm³/mol. The van der Waals surface area contributed by atoms with Crippen molar-refractivity contribution in [3.05, 3.63) is 48.3 Å². The van der Waals surface area contributed by atoms with Gasteiger partial charge in [-0.2, -0.15) is 0 Å². The fraction of sp³-hybridized carbons (Fsp3) is 0.154. The number of nitrogens with one attached hydrogen (secondary N) is 1. The number of fused-ring (bicyclic) bond motifs is 1. The van der Waals surface area contributed by atoms with Gasteiger partial charge >= 0.3 is 0 Å². The first-order chi connectivity index (χ1) is 8.60. The fourth-order valence-electron chi connectivity index (χ4n) is 2.30. The van der Waals surface area contributed by atoms with Gasteiger partial charge in [-0.05, 0) is 18.2 Å². The number of nitrogens with two attached hydrogens (primary N) is 2. The van der Waals surface area contributed by atoms with Crippen LogP contribution in [0.15, 0.2) is 47.7 Å². The smallest absolute Gasteiger partial charge is 0.211 e. The minimum atomic E-state index is -1.00. The summed E-state index contributed by atoms with van der Waals surface area (Å²) in [5, 5.41) is 4.14. The highest BCUT2D eigenvalue weighted by Gasteiger charge is 2.29. The molecule has 0 bridgehead atoms. The van der Waals surface area contributed by atoms with E-state index in [0.717, 1.165) is 16.5 Å². The fourth-order valence-corrected chi connectivity index (χ4v) is 2.30. The molecule has 1 aromatic carbocycles. The molecule has 0 spiro atoms. The molecule has 5 N–H and O–H groups in total. The van der Waals surface area contributed by atoms with Gasteiger partial charge in [0, 0.05) is 35.9 Å². The first-order valence-corrected chi connectivity index (χ1v) is 5.73. The zero-order valence-corrected chi connectivity index (χ0v) is 10.1. The monoisotopic (exact) mass is 241 g/mol. The van der Waals surface area contributed by atoms with Crippen LogP contribution >= 0.6 is 0 Å². The van der Waals surface area contributed by atoms with Gasteiger partial charge in [-0.25, -0.2) is 4.99 Å². The van der Waals surface area contributed by atoms with Crippen molar-refractivity contribution in [2.75, 3.05) is 0 Å². The highest BCUT2D eigenvalue weighted by Crippen LogP contribution is 2.28. The number of aromatic nitrogens is 1. The molecule has 1 aromatic heterocycles. The molecule has 0 amide bonds. The second-order valence-corrected chi connectivity index (χ2v) is 4.45. The quantitative estimate of drug-likeness (QED) is 0.688. The van der Waals surface area contributed by atoms with Crippen LogP contribution in [0.2, 0.25) is 0 Å².